The van der Waals surface area contributed by atoms with E-state index in [9.17, 15) is 8.42 Å². The summed E-state index contributed by atoms with van der Waals surface area (Å²) in [7, 11) is -1.88. The van der Waals surface area contributed by atoms with E-state index in [4.69, 9.17) is 15.2 Å². The molecule has 0 amide bonds. The molecule has 0 aliphatic carbocycles. The van der Waals surface area contributed by atoms with E-state index in [-0.39, 0.29) is 4.90 Å². The molecular weight excluding hydrogens is 280 g/mol. The SMILES string of the molecule is COCCOCCCNS(=O)(=O)c1ccc(N)c(C)c1. The number of hydrogen-bond acceptors (Lipinski definition) is 5. The Morgan fingerprint density at radius 3 is 2.65 bits per heavy atom. The molecule has 0 aromatic heterocycles. The van der Waals surface area contributed by atoms with Gasteiger partial charge < -0.3 is 15.2 Å². The normalized spacial score (nSPS) is 11.7. The molecule has 0 heterocycles. The number of nitrogen functional groups attached to an aromatic ring is 1. The van der Waals surface area contributed by atoms with Crippen LogP contribution in [0.25, 0.3) is 0 Å². The fourth-order valence-corrected chi connectivity index (χ4v) is 2.68. The Hall–Kier alpha value is -1.15. The molecule has 6 nitrogen and oxygen atoms in total. The van der Waals surface area contributed by atoms with E-state index in [2.05, 4.69) is 4.72 Å². The van der Waals surface area contributed by atoms with E-state index in [0.717, 1.165) is 5.56 Å². The molecule has 3 N–H and O–H groups in total. The van der Waals surface area contributed by atoms with E-state index >= 15 is 0 Å². The number of hydrogen-bond donors (Lipinski definition) is 2. The van der Waals surface area contributed by atoms with Crippen molar-refractivity contribution >= 4 is 15.7 Å². The fraction of sp³-hybridized carbons (Fsp3) is 0.538. The van der Waals surface area contributed by atoms with Crippen molar-refractivity contribution in [3.05, 3.63) is 23.8 Å². The summed E-state index contributed by atoms with van der Waals surface area (Å²) < 4.78 is 36.7. The average molecular weight is 302 g/mol. The Kier molecular flexibility index (Phi) is 6.94. The van der Waals surface area contributed by atoms with Crippen LogP contribution in [-0.4, -0.2) is 41.9 Å². The van der Waals surface area contributed by atoms with Crippen LogP contribution in [0.1, 0.15) is 12.0 Å². The quantitative estimate of drug-likeness (QED) is 0.522. The minimum atomic E-state index is -3.48. The third-order valence-corrected chi connectivity index (χ3v) is 4.20. The molecule has 0 radical (unpaired) electrons. The average Bonchev–Trinajstić information content (AvgIpc) is 2.40. The lowest BCUT2D eigenvalue weighted by atomic mass is 10.2. The molecule has 1 rings (SSSR count). The van der Waals surface area contributed by atoms with Crippen LogP contribution in [0.2, 0.25) is 0 Å². The zero-order chi connectivity index (χ0) is 15.0. The van der Waals surface area contributed by atoms with Gasteiger partial charge >= 0.3 is 0 Å². The van der Waals surface area contributed by atoms with Crippen LogP contribution in [0, 0.1) is 6.92 Å². The molecule has 0 unspecified atom stereocenters. The zero-order valence-electron chi connectivity index (χ0n) is 11.9. The first kappa shape index (κ1) is 16.9. The molecule has 1 aromatic rings. The van der Waals surface area contributed by atoms with E-state index in [1.165, 1.54) is 6.07 Å². The van der Waals surface area contributed by atoms with Gasteiger partial charge in [-0.25, -0.2) is 13.1 Å². The van der Waals surface area contributed by atoms with Gasteiger partial charge in [-0.1, -0.05) is 0 Å². The van der Waals surface area contributed by atoms with Crippen molar-refractivity contribution in [1.29, 1.82) is 0 Å². The summed E-state index contributed by atoms with van der Waals surface area (Å²) in [5.74, 6) is 0. The number of anilines is 1. The summed E-state index contributed by atoms with van der Waals surface area (Å²) in [6.45, 7) is 3.65. The lowest BCUT2D eigenvalue weighted by Crippen LogP contribution is -2.25. The Bertz CT molecular complexity index is 517. The van der Waals surface area contributed by atoms with Crippen molar-refractivity contribution in [2.45, 2.75) is 18.2 Å². The van der Waals surface area contributed by atoms with Crippen molar-refractivity contribution in [2.24, 2.45) is 0 Å². The molecule has 0 saturated carbocycles. The highest BCUT2D eigenvalue weighted by molar-refractivity contribution is 7.89. The summed E-state index contributed by atoms with van der Waals surface area (Å²) in [5.41, 5.74) is 6.99. The maximum Gasteiger partial charge on any atom is 0.240 e. The van der Waals surface area contributed by atoms with Gasteiger partial charge in [0.05, 0.1) is 18.1 Å². The number of sulfonamides is 1. The number of nitrogens with one attached hydrogen (secondary N) is 1. The predicted molar refractivity (Wildman–Crippen MR) is 78.1 cm³/mol. The predicted octanol–water partition coefficient (Wildman–Crippen LogP) is 0.909. The smallest absolute Gasteiger partial charge is 0.240 e. The first-order valence-electron chi connectivity index (χ1n) is 6.40. The number of nitrogens with two attached hydrogens (primary N) is 1. The number of aryl methyl sites for hydroxylation is 1. The standard InChI is InChI=1S/C13H22N2O4S/c1-11-10-12(4-5-13(11)14)20(16,17)15-6-3-7-19-9-8-18-2/h4-5,10,15H,3,6-9,14H2,1-2H3. The van der Waals surface area contributed by atoms with Crippen molar-refractivity contribution in [3.8, 4) is 0 Å². The third-order valence-electron chi connectivity index (χ3n) is 2.74. The summed E-state index contributed by atoms with van der Waals surface area (Å²) in [6, 6.07) is 4.66. The van der Waals surface area contributed by atoms with Crippen LogP contribution in [0.15, 0.2) is 23.1 Å². The first-order valence-corrected chi connectivity index (χ1v) is 7.88. The number of benzene rings is 1. The molecule has 1 aromatic carbocycles. The molecule has 0 saturated heterocycles. The van der Waals surface area contributed by atoms with E-state index in [0.29, 0.717) is 38.5 Å². The monoisotopic (exact) mass is 302 g/mol. The Labute approximate surface area is 120 Å². The van der Waals surface area contributed by atoms with Gasteiger partial charge in [0.1, 0.15) is 0 Å². The van der Waals surface area contributed by atoms with Crippen LogP contribution in [0.4, 0.5) is 5.69 Å². The lowest BCUT2D eigenvalue weighted by Gasteiger charge is -2.09. The summed E-state index contributed by atoms with van der Waals surface area (Å²) in [4.78, 5) is 0.226. The summed E-state index contributed by atoms with van der Waals surface area (Å²) >= 11 is 0. The Balaban J connectivity index is 2.40. The largest absolute Gasteiger partial charge is 0.399 e. The van der Waals surface area contributed by atoms with E-state index in [1.54, 1.807) is 26.2 Å². The zero-order valence-corrected chi connectivity index (χ0v) is 12.7. The van der Waals surface area contributed by atoms with Gasteiger partial charge in [-0.2, -0.15) is 0 Å². The maximum absolute atomic E-state index is 12.0. The first-order chi connectivity index (χ1) is 9.47. The highest BCUT2D eigenvalue weighted by Crippen LogP contribution is 2.16. The van der Waals surface area contributed by atoms with Crippen molar-refractivity contribution in [1.82, 2.24) is 4.72 Å². The maximum atomic E-state index is 12.0. The number of methoxy groups -OCH3 is 1. The van der Waals surface area contributed by atoms with Crippen molar-refractivity contribution in [3.63, 3.8) is 0 Å². The van der Waals surface area contributed by atoms with Gasteiger partial charge in [-0.15, -0.1) is 0 Å². The van der Waals surface area contributed by atoms with Crippen molar-refractivity contribution in [2.75, 3.05) is 39.2 Å². The van der Waals surface area contributed by atoms with Gasteiger partial charge in [-0.05, 0) is 37.1 Å². The van der Waals surface area contributed by atoms with E-state index < -0.39 is 10.0 Å². The molecule has 0 bridgehead atoms. The molecule has 7 heteroatoms. The van der Waals surface area contributed by atoms with Gasteiger partial charge in [-0.3, -0.25) is 0 Å². The summed E-state index contributed by atoms with van der Waals surface area (Å²) in [5, 5.41) is 0. The molecule has 20 heavy (non-hydrogen) atoms. The van der Waals surface area contributed by atoms with Crippen LogP contribution in [0.5, 0.6) is 0 Å². The number of ether oxygens (including phenoxy) is 2. The Morgan fingerprint density at radius 1 is 1.25 bits per heavy atom. The van der Waals surface area contributed by atoms with Crippen LogP contribution >= 0.6 is 0 Å². The Morgan fingerprint density at radius 2 is 2.00 bits per heavy atom. The molecule has 0 fully saturated rings. The van der Waals surface area contributed by atoms with Crippen molar-refractivity contribution < 1.29 is 17.9 Å². The van der Waals surface area contributed by atoms with Gasteiger partial charge in [0, 0.05) is 25.9 Å². The van der Waals surface area contributed by atoms with E-state index in [1.807, 2.05) is 0 Å². The van der Waals surface area contributed by atoms with Gasteiger partial charge in [0.25, 0.3) is 0 Å². The second kappa shape index (κ2) is 8.21. The highest BCUT2D eigenvalue weighted by Gasteiger charge is 2.13. The highest BCUT2D eigenvalue weighted by atomic mass is 32.2. The molecule has 0 spiro atoms. The van der Waals surface area contributed by atoms with Crippen LogP contribution < -0.4 is 10.5 Å². The van der Waals surface area contributed by atoms with Gasteiger partial charge in [0.15, 0.2) is 0 Å². The second-order valence-corrected chi connectivity index (χ2v) is 6.14. The summed E-state index contributed by atoms with van der Waals surface area (Å²) in [6.07, 6.45) is 0.608. The minimum absolute atomic E-state index is 0.226. The van der Waals surface area contributed by atoms with Crippen LogP contribution in [-0.2, 0) is 19.5 Å². The molecule has 0 atom stereocenters. The van der Waals surface area contributed by atoms with Gasteiger partial charge in [0.2, 0.25) is 10.0 Å². The molecule has 0 aliphatic heterocycles. The minimum Gasteiger partial charge on any atom is -0.399 e. The third kappa shape index (κ3) is 5.46. The molecular formula is C13H22N2O4S. The fourth-order valence-electron chi connectivity index (χ4n) is 1.52. The number of rotatable bonds is 9. The second-order valence-electron chi connectivity index (χ2n) is 4.37. The molecule has 114 valence electrons. The topological polar surface area (TPSA) is 90.6 Å². The molecule has 0 aliphatic rings. The van der Waals surface area contributed by atoms with Crippen LogP contribution in [0.3, 0.4) is 0 Å². The lowest BCUT2D eigenvalue weighted by molar-refractivity contribution is 0.0699.